The van der Waals surface area contributed by atoms with Crippen LogP contribution in [0.3, 0.4) is 0 Å². The van der Waals surface area contributed by atoms with Crippen LogP contribution in [0.2, 0.25) is 0 Å². The van der Waals surface area contributed by atoms with Gasteiger partial charge in [-0.05, 0) is 55.3 Å². The van der Waals surface area contributed by atoms with Gasteiger partial charge in [0.05, 0.1) is 19.4 Å². The number of ether oxygens (including phenoxy) is 2. The highest BCUT2D eigenvalue weighted by Crippen LogP contribution is 2.26. The van der Waals surface area contributed by atoms with Crippen molar-refractivity contribution < 1.29 is 19.1 Å². The summed E-state index contributed by atoms with van der Waals surface area (Å²) in [6, 6.07) is 12.2. The topological polar surface area (TPSA) is 76.7 Å². The van der Waals surface area contributed by atoms with Gasteiger partial charge in [-0.25, -0.2) is 0 Å². The zero-order valence-electron chi connectivity index (χ0n) is 25.9. The van der Waals surface area contributed by atoms with Crippen LogP contribution in [0.15, 0.2) is 42.5 Å². The van der Waals surface area contributed by atoms with Crippen molar-refractivity contribution in [1.82, 2.24) is 5.32 Å². The molecule has 6 nitrogen and oxygen atoms in total. The van der Waals surface area contributed by atoms with Crippen molar-refractivity contribution in [3.05, 3.63) is 53.6 Å². The number of anilines is 1. The molecule has 0 aliphatic heterocycles. The Morgan fingerprint density at radius 3 is 1.73 bits per heavy atom. The lowest BCUT2D eigenvalue weighted by molar-refractivity contribution is 0.0951. The van der Waals surface area contributed by atoms with Gasteiger partial charge in [-0.1, -0.05) is 104 Å². The van der Waals surface area contributed by atoms with Gasteiger partial charge in [0, 0.05) is 17.7 Å². The Balaban J connectivity index is 1.63. The number of nitrogens with one attached hydrogen (secondary N) is 2. The van der Waals surface area contributed by atoms with Crippen molar-refractivity contribution in [3.8, 4) is 11.5 Å². The van der Waals surface area contributed by atoms with Gasteiger partial charge < -0.3 is 20.1 Å². The largest absolute Gasteiger partial charge is 0.495 e. The molecule has 0 saturated carbocycles. The van der Waals surface area contributed by atoms with Crippen LogP contribution in [0, 0.1) is 0 Å². The molecular weight excluding hydrogens is 512 g/mol. The molecule has 0 aromatic heterocycles. The summed E-state index contributed by atoms with van der Waals surface area (Å²) in [6.07, 6.45) is 20.6. The van der Waals surface area contributed by atoms with E-state index in [4.69, 9.17) is 9.47 Å². The molecule has 0 spiro atoms. The lowest BCUT2D eigenvalue weighted by Gasteiger charge is -2.13. The quantitative estimate of drug-likeness (QED) is 0.131. The maximum atomic E-state index is 12.9. The van der Waals surface area contributed by atoms with Crippen LogP contribution in [-0.2, 0) is 0 Å². The molecule has 0 aliphatic carbocycles. The van der Waals surface area contributed by atoms with Crippen LogP contribution in [0.25, 0.3) is 0 Å². The summed E-state index contributed by atoms with van der Waals surface area (Å²) in [5.41, 5.74) is 1.44. The third kappa shape index (κ3) is 14.4. The number of rotatable bonds is 23. The van der Waals surface area contributed by atoms with E-state index in [2.05, 4.69) is 24.5 Å². The summed E-state index contributed by atoms with van der Waals surface area (Å²) in [7, 11) is 1.54. The van der Waals surface area contributed by atoms with Gasteiger partial charge >= 0.3 is 0 Å². The summed E-state index contributed by atoms with van der Waals surface area (Å²) in [5, 5.41) is 5.77. The van der Waals surface area contributed by atoms with Gasteiger partial charge in [-0.15, -0.1) is 0 Å². The van der Waals surface area contributed by atoms with Crippen molar-refractivity contribution >= 4 is 17.5 Å². The number of hydrogen-bond acceptors (Lipinski definition) is 4. The molecule has 0 aliphatic rings. The van der Waals surface area contributed by atoms with E-state index < -0.39 is 0 Å². The summed E-state index contributed by atoms with van der Waals surface area (Å²) >= 11 is 0. The Hall–Kier alpha value is -3.02. The van der Waals surface area contributed by atoms with Crippen molar-refractivity contribution in [2.24, 2.45) is 0 Å². The third-order valence-electron chi connectivity index (χ3n) is 7.41. The van der Waals surface area contributed by atoms with Crippen molar-refractivity contribution in [2.75, 3.05) is 25.6 Å². The molecule has 228 valence electrons. The predicted molar refractivity (Wildman–Crippen MR) is 170 cm³/mol. The van der Waals surface area contributed by atoms with Crippen LogP contribution < -0.4 is 20.1 Å². The Kier molecular flexibility index (Phi) is 18.1. The van der Waals surface area contributed by atoms with Crippen LogP contribution in [0.4, 0.5) is 5.69 Å². The molecule has 2 aromatic carbocycles. The molecule has 2 rings (SSSR count). The van der Waals surface area contributed by atoms with E-state index in [1.165, 1.54) is 90.6 Å². The molecule has 0 heterocycles. The summed E-state index contributed by atoms with van der Waals surface area (Å²) < 4.78 is 11.3. The number of benzene rings is 2. The first-order valence-electron chi connectivity index (χ1n) is 16.1. The number of amides is 2. The highest BCUT2D eigenvalue weighted by molar-refractivity contribution is 6.06. The van der Waals surface area contributed by atoms with Crippen molar-refractivity contribution in [3.63, 3.8) is 0 Å². The molecule has 41 heavy (non-hydrogen) atoms. The lowest BCUT2D eigenvalue weighted by atomic mass is 10.0. The number of carbonyl (C=O) groups is 2. The Labute approximate surface area is 249 Å². The fourth-order valence-electron chi connectivity index (χ4n) is 4.81. The minimum Gasteiger partial charge on any atom is -0.495 e. The minimum atomic E-state index is -0.273. The molecular formula is C35H54N2O4. The number of methoxy groups -OCH3 is 1. The van der Waals surface area contributed by atoms with E-state index in [-0.39, 0.29) is 11.8 Å². The number of carbonyl (C=O) groups excluding carboxylic acids is 2. The molecule has 6 heteroatoms. The Bertz CT molecular complexity index is 990. The summed E-state index contributed by atoms with van der Waals surface area (Å²) in [5.74, 6) is 0.818. The zero-order valence-corrected chi connectivity index (χ0v) is 25.9. The normalized spacial score (nSPS) is 10.8. The Morgan fingerprint density at radius 1 is 0.634 bits per heavy atom. The summed E-state index contributed by atoms with van der Waals surface area (Å²) in [6.45, 7) is 5.66. The first kappa shape index (κ1) is 34.2. The fourth-order valence-corrected chi connectivity index (χ4v) is 4.81. The molecule has 0 fully saturated rings. The molecule has 0 bridgehead atoms. The maximum absolute atomic E-state index is 12.9. The highest BCUT2D eigenvalue weighted by Gasteiger charge is 2.14. The molecule has 0 atom stereocenters. The minimum absolute atomic E-state index is 0.170. The molecule has 0 radical (unpaired) electrons. The van der Waals surface area contributed by atoms with Gasteiger partial charge in [-0.2, -0.15) is 0 Å². The fraction of sp³-hybridized carbons (Fsp3) is 0.600. The van der Waals surface area contributed by atoms with Gasteiger partial charge in [0.15, 0.2) is 0 Å². The van der Waals surface area contributed by atoms with Gasteiger partial charge in [0.1, 0.15) is 11.5 Å². The smallest absolute Gasteiger partial charge is 0.255 e. The van der Waals surface area contributed by atoms with Crippen LogP contribution in [0.5, 0.6) is 11.5 Å². The van der Waals surface area contributed by atoms with Crippen molar-refractivity contribution in [1.29, 1.82) is 0 Å². The first-order valence-corrected chi connectivity index (χ1v) is 16.1. The zero-order chi connectivity index (χ0) is 29.5. The third-order valence-corrected chi connectivity index (χ3v) is 7.41. The number of unbranched alkanes of at least 4 members (excludes halogenated alkanes) is 14. The van der Waals surface area contributed by atoms with E-state index in [1.54, 1.807) is 30.3 Å². The van der Waals surface area contributed by atoms with Crippen molar-refractivity contribution in [2.45, 2.75) is 117 Å². The molecule has 0 saturated heterocycles. The predicted octanol–water partition coefficient (Wildman–Crippen LogP) is 9.34. The van der Waals surface area contributed by atoms with E-state index in [0.717, 1.165) is 25.0 Å². The highest BCUT2D eigenvalue weighted by atomic mass is 16.5. The second-order valence-corrected chi connectivity index (χ2v) is 10.9. The lowest BCUT2D eigenvalue weighted by Crippen LogP contribution is -2.24. The van der Waals surface area contributed by atoms with Gasteiger partial charge in [0.25, 0.3) is 11.8 Å². The average molecular weight is 567 g/mol. The molecule has 2 amide bonds. The van der Waals surface area contributed by atoms with Crippen LogP contribution in [0.1, 0.15) is 137 Å². The molecule has 0 unspecified atom stereocenters. The molecule has 2 aromatic rings. The maximum Gasteiger partial charge on any atom is 0.255 e. The summed E-state index contributed by atoms with van der Waals surface area (Å²) in [4.78, 5) is 25.3. The van der Waals surface area contributed by atoms with Gasteiger partial charge in [0.2, 0.25) is 0 Å². The van der Waals surface area contributed by atoms with E-state index >= 15 is 0 Å². The van der Waals surface area contributed by atoms with Crippen LogP contribution >= 0.6 is 0 Å². The van der Waals surface area contributed by atoms with E-state index in [0.29, 0.717) is 35.7 Å². The SMILES string of the molecule is CCCCCCCCCCCCCCCCOc1ccc(C(=O)Nc2cc(C(=O)NCCCC)ccc2OC)cc1. The second kappa shape index (κ2) is 21.7. The van der Waals surface area contributed by atoms with Crippen LogP contribution in [-0.4, -0.2) is 32.1 Å². The van der Waals surface area contributed by atoms with Gasteiger partial charge in [-0.3, -0.25) is 9.59 Å². The average Bonchev–Trinajstić information content (AvgIpc) is 2.99. The molecule has 2 N–H and O–H groups in total. The monoisotopic (exact) mass is 566 g/mol. The second-order valence-electron chi connectivity index (χ2n) is 10.9. The van der Waals surface area contributed by atoms with E-state index in [9.17, 15) is 9.59 Å². The first-order chi connectivity index (χ1) is 20.1. The number of hydrogen-bond donors (Lipinski definition) is 2. The van der Waals surface area contributed by atoms with E-state index in [1.807, 2.05) is 12.1 Å². The standard InChI is InChI=1S/C35H54N2O4/c1-4-6-8-9-10-11-12-13-14-15-16-17-18-19-27-41-31-23-20-29(21-24-31)35(39)37-32-28-30(22-25-33(32)40-3)34(38)36-26-7-5-2/h20-25,28H,4-19,26-27H2,1-3H3,(H,36,38)(H,37,39). The Morgan fingerprint density at radius 2 is 1.17 bits per heavy atom.